The molecule has 0 saturated heterocycles. The quantitative estimate of drug-likeness (QED) is 0.468. The highest BCUT2D eigenvalue weighted by atomic mass is 16.6. The molecular formula is C13H17NO4. The van der Waals surface area contributed by atoms with Crippen molar-refractivity contribution in [2.75, 3.05) is 6.61 Å². The fourth-order valence-corrected chi connectivity index (χ4v) is 1.37. The Morgan fingerprint density at radius 2 is 1.94 bits per heavy atom. The van der Waals surface area contributed by atoms with E-state index >= 15 is 0 Å². The summed E-state index contributed by atoms with van der Waals surface area (Å²) in [7, 11) is 0. The van der Waals surface area contributed by atoms with Crippen LogP contribution in [0, 0.1) is 15.5 Å². The molecule has 0 unspecified atom stereocenters. The number of esters is 1. The molecule has 0 spiro atoms. The fourth-order valence-electron chi connectivity index (χ4n) is 1.37. The van der Waals surface area contributed by atoms with Gasteiger partial charge in [0.25, 0.3) is 5.69 Å². The summed E-state index contributed by atoms with van der Waals surface area (Å²) in [6, 6.07) is 6.46. The first-order valence-electron chi connectivity index (χ1n) is 5.72. The molecule has 0 atom stereocenters. The lowest BCUT2D eigenvalue weighted by Gasteiger charge is -2.16. The van der Waals surface area contributed by atoms with Crippen LogP contribution in [0.2, 0.25) is 0 Å². The number of rotatable bonds is 4. The second-order valence-corrected chi connectivity index (χ2v) is 5.02. The van der Waals surface area contributed by atoms with Crippen LogP contribution in [0.15, 0.2) is 24.3 Å². The van der Waals surface area contributed by atoms with E-state index in [4.69, 9.17) is 4.74 Å². The van der Waals surface area contributed by atoms with Crippen molar-refractivity contribution < 1.29 is 14.5 Å². The Bertz CT molecular complexity index is 449. The lowest BCUT2D eigenvalue weighted by Crippen LogP contribution is -2.23. The molecule has 1 aromatic rings. The first-order valence-corrected chi connectivity index (χ1v) is 5.72. The van der Waals surface area contributed by atoms with Crippen LogP contribution in [-0.4, -0.2) is 17.5 Å². The van der Waals surface area contributed by atoms with Gasteiger partial charge in [0.15, 0.2) is 0 Å². The lowest BCUT2D eigenvalue weighted by atomic mass is 9.97. The minimum atomic E-state index is -0.553. The molecule has 0 aliphatic heterocycles. The highest BCUT2D eigenvalue weighted by Crippen LogP contribution is 2.19. The van der Waals surface area contributed by atoms with Crippen molar-refractivity contribution in [1.82, 2.24) is 0 Å². The largest absolute Gasteiger partial charge is 0.465 e. The molecule has 0 radical (unpaired) electrons. The average molecular weight is 251 g/mol. The van der Waals surface area contributed by atoms with E-state index in [0.717, 1.165) is 0 Å². The van der Waals surface area contributed by atoms with Gasteiger partial charge in [-0.25, -0.2) is 0 Å². The molecule has 98 valence electrons. The molecule has 5 nitrogen and oxygen atoms in total. The summed E-state index contributed by atoms with van der Waals surface area (Å²) in [5, 5.41) is 10.8. The van der Waals surface area contributed by atoms with Crippen LogP contribution >= 0.6 is 0 Å². The third-order valence-electron chi connectivity index (χ3n) is 2.41. The number of hydrogen-bond acceptors (Lipinski definition) is 4. The van der Waals surface area contributed by atoms with Gasteiger partial charge in [0, 0.05) is 18.1 Å². The van der Waals surface area contributed by atoms with Crippen LogP contribution in [0.1, 0.15) is 26.3 Å². The predicted molar refractivity (Wildman–Crippen MR) is 67.2 cm³/mol. The number of ether oxygens (including phenoxy) is 1. The maximum atomic E-state index is 11.5. The van der Waals surface area contributed by atoms with Crippen molar-refractivity contribution in [2.24, 2.45) is 5.41 Å². The summed E-state index contributed by atoms with van der Waals surface area (Å²) in [6.07, 6.45) is 0.346. The van der Waals surface area contributed by atoms with E-state index in [1.165, 1.54) is 6.07 Å². The number of para-hydroxylation sites is 1. The van der Waals surface area contributed by atoms with Crippen molar-refractivity contribution in [2.45, 2.75) is 27.2 Å². The number of carbonyl (C=O) groups excluding carboxylic acids is 1. The van der Waals surface area contributed by atoms with Crippen LogP contribution in [0.4, 0.5) is 5.69 Å². The van der Waals surface area contributed by atoms with E-state index in [1.54, 1.807) is 39.0 Å². The lowest BCUT2D eigenvalue weighted by molar-refractivity contribution is -0.385. The number of nitro benzene ring substituents is 1. The molecule has 0 aliphatic carbocycles. The number of nitro groups is 1. The van der Waals surface area contributed by atoms with Crippen molar-refractivity contribution in [3.8, 4) is 0 Å². The van der Waals surface area contributed by atoms with Crippen LogP contribution in [-0.2, 0) is 16.0 Å². The van der Waals surface area contributed by atoms with Crippen molar-refractivity contribution in [3.63, 3.8) is 0 Å². The zero-order chi connectivity index (χ0) is 13.8. The normalized spacial score (nSPS) is 11.1. The molecule has 0 amide bonds. The third-order valence-corrected chi connectivity index (χ3v) is 2.41. The van der Waals surface area contributed by atoms with E-state index < -0.39 is 10.3 Å². The van der Waals surface area contributed by atoms with E-state index in [2.05, 4.69) is 0 Å². The van der Waals surface area contributed by atoms with Gasteiger partial charge in [0.1, 0.15) is 0 Å². The third kappa shape index (κ3) is 3.84. The predicted octanol–water partition coefficient (Wildman–Crippen LogP) is 2.73. The monoisotopic (exact) mass is 251 g/mol. The van der Waals surface area contributed by atoms with Crippen LogP contribution < -0.4 is 0 Å². The summed E-state index contributed by atoms with van der Waals surface area (Å²) in [6.45, 7) is 5.45. The van der Waals surface area contributed by atoms with Crippen LogP contribution in [0.3, 0.4) is 0 Å². The second kappa shape index (κ2) is 5.62. The van der Waals surface area contributed by atoms with Gasteiger partial charge in [-0.05, 0) is 20.8 Å². The smallest absolute Gasteiger partial charge is 0.311 e. The van der Waals surface area contributed by atoms with Gasteiger partial charge in [-0.1, -0.05) is 18.2 Å². The van der Waals surface area contributed by atoms with Gasteiger partial charge in [0.05, 0.1) is 16.9 Å². The Morgan fingerprint density at radius 1 is 1.33 bits per heavy atom. The van der Waals surface area contributed by atoms with Crippen molar-refractivity contribution in [1.29, 1.82) is 0 Å². The molecule has 0 fully saturated rings. The Hall–Kier alpha value is -1.91. The van der Waals surface area contributed by atoms with Gasteiger partial charge in [-0.3, -0.25) is 14.9 Å². The Labute approximate surface area is 106 Å². The summed E-state index contributed by atoms with van der Waals surface area (Å²) in [5.41, 5.74) is 0.0799. The second-order valence-electron chi connectivity index (χ2n) is 5.02. The standard InChI is InChI=1S/C13H17NO4/c1-13(2,3)12(15)18-9-8-10-6-4-5-7-11(10)14(16)17/h4-7H,8-9H2,1-3H3. The SMILES string of the molecule is CC(C)(C)C(=O)OCCc1ccccc1[N+](=O)[O-]. The first-order chi connectivity index (χ1) is 8.32. The van der Waals surface area contributed by atoms with Gasteiger partial charge < -0.3 is 4.74 Å². The molecule has 0 bridgehead atoms. The molecule has 0 N–H and O–H groups in total. The van der Waals surface area contributed by atoms with Gasteiger partial charge in [-0.15, -0.1) is 0 Å². The minimum Gasteiger partial charge on any atom is -0.465 e. The molecule has 18 heavy (non-hydrogen) atoms. The van der Waals surface area contributed by atoms with E-state index in [9.17, 15) is 14.9 Å². The Kier molecular flexibility index (Phi) is 4.42. The van der Waals surface area contributed by atoms with E-state index in [1.807, 2.05) is 0 Å². The molecule has 1 aromatic carbocycles. The molecule has 0 aliphatic rings. The molecule has 0 saturated carbocycles. The van der Waals surface area contributed by atoms with Gasteiger partial charge in [-0.2, -0.15) is 0 Å². The number of hydrogen-bond donors (Lipinski definition) is 0. The first kappa shape index (κ1) is 14.2. The van der Waals surface area contributed by atoms with E-state index in [-0.39, 0.29) is 18.3 Å². The molecule has 0 aromatic heterocycles. The van der Waals surface area contributed by atoms with Crippen molar-refractivity contribution in [3.05, 3.63) is 39.9 Å². The number of carbonyl (C=O) groups is 1. The summed E-state index contributed by atoms with van der Waals surface area (Å²) < 4.78 is 5.08. The zero-order valence-electron chi connectivity index (χ0n) is 10.8. The topological polar surface area (TPSA) is 69.4 Å². The Morgan fingerprint density at radius 3 is 2.50 bits per heavy atom. The van der Waals surface area contributed by atoms with Crippen molar-refractivity contribution >= 4 is 11.7 Å². The summed E-state index contributed by atoms with van der Waals surface area (Å²) in [4.78, 5) is 21.9. The summed E-state index contributed by atoms with van der Waals surface area (Å²) in [5.74, 6) is -0.305. The molecule has 0 heterocycles. The molecular weight excluding hydrogens is 234 g/mol. The van der Waals surface area contributed by atoms with Crippen LogP contribution in [0.25, 0.3) is 0 Å². The van der Waals surface area contributed by atoms with Gasteiger partial charge >= 0.3 is 5.97 Å². The van der Waals surface area contributed by atoms with Gasteiger partial charge in [0.2, 0.25) is 0 Å². The molecule has 5 heteroatoms. The maximum Gasteiger partial charge on any atom is 0.311 e. The van der Waals surface area contributed by atoms with E-state index in [0.29, 0.717) is 12.0 Å². The van der Waals surface area contributed by atoms with Crippen LogP contribution in [0.5, 0.6) is 0 Å². The Balaban J connectivity index is 2.60. The zero-order valence-corrected chi connectivity index (χ0v) is 10.8. The maximum absolute atomic E-state index is 11.5. The number of benzene rings is 1. The average Bonchev–Trinajstić information content (AvgIpc) is 2.28. The fraction of sp³-hybridized carbons (Fsp3) is 0.462. The number of nitrogens with zero attached hydrogens (tertiary/aromatic N) is 1. The molecule has 1 rings (SSSR count). The highest BCUT2D eigenvalue weighted by molar-refractivity contribution is 5.75. The summed E-state index contributed by atoms with van der Waals surface area (Å²) >= 11 is 0. The minimum absolute atomic E-state index is 0.0595. The highest BCUT2D eigenvalue weighted by Gasteiger charge is 2.23.